The second kappa shape index (κ2) is 7.13. The summed E-state index contributed by atoms with van der Waals surface area (Å²) in [6, 6.07) is 0.487. The van der Waals surface area contributed by atoms with Crippen LogP contribution in [0.5, 0.6) is 0 Å². The minimum atomic E-state index is 0.487. The molecule has 0 radical (unpaired) electrons. The molecule has 0 atom stereocenters. The third-order valence-corrected chi connectivity index (χ3v) is 3.41. The number of nitrogens with one attached hydrogen (secondary N) is 2. The molecule has 0 amide bonds. The summed E-state index contributed by atoms with van der Waals surface area (Å²) < 4.78 is 0. The second-order valence-corrected chi connectivity index (χ2v) is 5.12. The molecule has 0 spiro atoms. The van der Waals surface area contributed by atoms with E-state index in [0.717, 1.165) is 11.4 Å². The van der Waals surface area contributed by atoms with E-state index in [4.69, 9.17) is 12.2 Å². The predicted molar refractivity (Wildman–Crippen MR) is 80.0 cm³/mol. The minimum absolute atomic E-state index is 0.487. The Hall–Kier alpha value is -1.56. The molecule has 1 aromatic rings. The van der Waals surface area contributed by atoms with E-state index >= 15 is 0 Å². The Morgan fingerprint density at radius 3 is 2.79 bits per heavy atom. The van der Waals surface area contributed by atoms with Gasteiger partial charge in [-0.25, -0.2) is 0 Å². The maximum absolute atomic E-state index is 5.24. The number of aromatic nitrogens is 2. The van der Waals surface area contributed by atoms with Gasteiger partial charge in [0.1, 0.15) is 5.69 Å². The molecule has 1 fully saturated rings. The summed E-state index contributed by atoms with van der Waals surface area (Å²) in [5, 5.41) is 8.10. The molecule has 1 aromatic heterocycles. The molecule has 0 aliphatic heterocycles. The summed E-state index contributed by atoms with van der Waals surface area (Å²) in [6.45, 7) is 1.88. The van der Waals surface area contributed by atoms with Gasteiger partial charge in [-0.3, -0.25) is 15.4 Å². The van der Waals surface area contributed by atoms with Crippen LogP contribution in [-0.2, 0) is 0 Å². The molecular weight excluding hydrogens is 258 g/mol. The van der Waals surface area contributed by atoms with Crippen molar-refractivity contribution in [3.05, 3.63) is 24.3 Å². The average Bonchev–Trinajstić information content (AvgIpc) is 2.47. The fraction of sp³-hybridized carbons (Fsp3) is 0.538. The molecule has 2 rings (SSSR count). The molecule has 6 heteroatoms. The summed E-state index contributed by atoms with van der Waals surface area (Å²) in [7, 11) is 0. The van der Waals surface area contributed by atoms with Gasteiger partial charge in [0.2, 0.25) is 0 Å². The van der Waals surface area contributed by atoms with E-state index in [1.807, 2.05) is 6.92 Å². The van der Waals surface area contributed by atoms with Crippen molar-refractivity contribution in [3.63, 3.8) is 0 Å². The molecule has 102 valence electrons. The third-order valence-electron chi connectivity index (χ3n) is 3.20. The van der Waals surface area contributed by atoms with Crippen LogP contribution in [0.4, 0.5) is 0 Å². The molecule has 0 aromatic carbocycles. The first kappa shape index (κ1) is 13.9. The SMILES string of the molecule is CC(=NNC(=S)NC1CCCCC1)c1cnccn1. The van der Waals surface area contributed by atoms with Gasteiger partial charge in [-0.2, -0.15) is 5.10 Å². The fourth-order valence-corrected chi connectivity index (χ4v) is 2.35. The van der Waals surface area contributed by atoms with Gasteiger partial charge in [-0.1, -0.05) is 19.3 Å². The summed E-state index contributed by atoms with van der Waals surface area (Å²) >= 11 is 5.24. The van der Waals surface area contributed by atoms with E-state index in [1.165, 1.54) is 32.1 Å². The molecule has 1 aliphatic rings. The quantitative estimate of drug-likeness (QED) is 0.503. The van der Waals surface area contributed by atoms with Gasteiger partial charge in [0.05, 0.1) is 11.9 Å². The maximum Gasteiger partial charge on any atom is 0.187 e. The van der Waals surface area contributed by atoms with E-state index in [0.29, 0.717) is 11.2 Å². The van der Waals surface area contributed by atoms with Gasteiger partial charge < -0.3 is 5.32 Å². The monoisotopic (exact) mass is 277 g/mol. The second-order valence-electron chi connectivity index (χ2n) is 4.71. The van der Waals surface area contributed by atoms with Crippen LogP contribution in [-0.4, -0.2) is 26.8 Å². The Morgan fingerprint density at radius 2 is 2.11 bits per heavy atom. The van der Waals surface area contributed by atoms with Gasteiger partial charge in [0, 0.05) is 18.4 Å². The first-order valence-electron chi connectivity index (χ1n) is 6.63. The number of rotatable bonds is 3. The van der Waals surface area contributed by atoms with Gasteiger partial charge in [0.25, 0.3) is 0 Å². The topological polar surface area (TPSA) is 62.2 Å². The van der Waals surface area contributed by atoms with Crippen LogP contribution in [0.25, 0.3) is 0 Å². The molecule has 1 heterocycles. The highest BCUT2D eigenvalue weighted by Crippen LogP contribution is 2.17. The van der Waals surface area contributed by atoms with Crippen molar-refractivity contribution in [2.75, 3.05) is 0 Å². The highest BCUT2D eigenvalue weighted by Gasteiger charge is 2.13. The number of hydrogen-bond donors (Lipinski definition) is 2. The Morgan fingerprint density at radius 1 is 1.32 bits per heavy atom. The lowest BCUT2D eigenvalue weighted by molar-refractivity contribution is 0.412. The van der Waals surface area contributed by atoms with E-state index < -0.39 is 0 Å². The van der Waals surface area contributed by atoms with E-state index in [1.54, 1.807) is 18.6 Å². The van der Waals surface area contributed by atoms with E-state index in [9.17, 15) is 0 Å². The first-order chi connectivity index (χ1) is 9.25. The lowest BCUT2D eigenvalue weighted by Gasteiger charge is -2.23. The van der Waals surface area contributed by atoms with Crippen molar-refractivity contribution in [3.8, 4) is 0 Å². The molecular formula is C13H19N5S. The molecule has 1 saturated carbocycles. The zero-order chi connectivity index (χ0) is 13.5. The highest BCUT2D eigenvalue weighted by atomic mass is 32.1. The Bertz CT molecular complexity index is 440. The van der Waals surface area contributed by atoms with Crippen LogP contribution in [0.15, 0.2) is 23.7 Å². The van der Waals surface area contributed by atoms with Crippen LogP contribution >= 0.6 is 12.2 Å². The fourth-order valence-electron chi connectivity index (χ4n) is 2.14. The zero-order valence-corrected chi connectivity index (χ0v) is 11.9. The van der Waals surface area contributed by atoms with Crippen LogP contribution in [0.2, 0.25) is 0 Å². The standard InChI is InChI=1S/C13H19N5S/c1-10(12-9-14-7-8-15-12)17-18-13(19)16-11-5-3-2-4-6-11/h7-9,11H,2-6H2,1H3,(H2,16,18,19). The van der Waals surface area contributed by atoms with Crippen molar-refractivity contribution >= 4 is 23.0 Å². The van der Waals surface area contributed by atoms with Crippen LogP contribution in [0, 0.1) is 0 Å². The molecule has 1 aliphatic carbocycles. The lowest BCUT2D eigenvalue weighted by Crippen LogP contribution is -2.41. The highest BCUT2D eigenvalue weighted by molar-refractivity contribution is 7.80. The van der Waals surface area contributed by atoms with Crippen LogP contribution < -0.4 is 10.7 Å². The van der Waals surface area contributed by atoms with Crippen LogP contribution in [0.1, 0.15) is 44.7 Å². The molecule has 0 saturated heterocycles. The normalized spacial score (nSPS) is 17.0. The van der Waals surface area contributed by atoms with Gasteiger partial charge in [-0.05, 0) is 32.0 Å². The predicted octanol–water partition coefficient (Wildman–Crippen LogP) is 2.00. The minimum Gasteiger partial charge on any atom is -0.359 e. The zero-order valence-electron chi connectivity index (χ0n) is 11.1. The van der Waals surface area contributed by atoms with Crippen molar-refractivity contribution in [1.29, 1.82) is 0 Å². The largest absolute Gasteiger partial charge is 0.359 e. The lowest BCUT2D eigenvalue weighted by atomic mass is 9.96. The van der Waals surface area contributed by atoms with Gasteiger partial charge in [-0.15, -0.1) is 0 Å². The number of thiocarbonyl (C=S) groups is 1. The number of hydrogen-bond acceptors (Lipinski definition) is 4. The summed E-state index contributed by atoms with van der Waals surface area (Å²) in [6.07, 6.45) is 11.2. The van der Waals surface area contributed by atoms with Crippen LogP contribution in [0.3, 0.4) is 0 Å². The molecule has 2 N–H and O–H groups in total. The van der Waals surface area contributed by atoms with Crippen molar-refractivity contribution in [1.82, 2.24) is 20.7 Å². The van der Waals surface area contributed by atoms with Crippen molar-refractivity contribution in [2.45, 2.75) is 45.1 Å². The maximum atomic E-state index is 5.24. The van der Waals surface area contributed by atoms with Gasteiger partial charge in [0.15, 0.2) is 5.11 Å². The first-order valence-corrected chi connectivity index (χ1v) is 7.03. The summed E-state index contributed by atoms with van der Waals surface area (Å²) in [5.41, 5.74) is 4.38. The Balaban J connectivity index is 1.82. The Kier molecular flexibility index (Phi) is 5.20. The van der Waals surface area contributed by atoms with Crippen molar-refractivity contribution < 1.29 is 0 Å². The number of nitrogens with zero attached hydrogens (tertiary/aromatic N) is 3. The van der Waals surface area contributed by atoms with Gasteiger partial charge >= 0.3 is 0 Å². The smallest absolute Gasteiger partial charge is 0.187 e. The average molecular weight is 277 g/mol. The molecule has 19 heavy (non-hydrogen) atoms. The molecule has 0 unspecified atom stereocenters. The summed E-state index contributed by atoms with van der Waals surface area (Å²) in [4.78, 5) is 8.18. The van der Waals surface area contributed by atoms with E-state index in [2.05, 4.69) is 25.8 Å². The Labute approximate surface area is 118 Å². The van der Waals surface area contributed by atoms with E-state index in [-0.39, 0.29) is 0 Å². The third kappa shape index (κ3) is 4.55. The summed E-state index contributed by atoms with van der Waals surface area (Å²) in [5.74, 6) is 0. The van der Waals surface area contributed by atoms with Crippen molar-refractivity contribution in [2.24, 2.45) is 5.10 Å². The molecule has 0 bridgehead atoms. The molecule has 5 nitrogen and oxygen atoms in total. The number of hydrazone groups is 1.